The highest BCUT2D eigenvalue weighted by Crippen LogP contribution is 2.34. The molecule has 0 aliphatic carbocycles. The maximum Gasteiger partial charge on any atom is 0.140 e. The van der Waals surface area contributed by atoms with Gasteiger partial charge in [-0.05, 0) is 37.1 Å². The molecule has 112 valence electrons. The predicted molar refractivity (Wildman–Crippen MR) is 78.9 cm³/mol. The average molecular weight is 311 g/mol. The Bertz CT molecular complexity index is 631. The van der Waals surface area contributed by atoms with E-state index in [4.69, 9.17) is 5.73 Å². The molecule has 5 heteroatoms. The molecule has 0 saturated heterocycles. The highest BCUT2D eigenvalue weighted by molar-refractivity contribution is 7.99. The minimum atomic E-state index is -0.657. The van der Waals surface area contributed by atoms with Crippen LogP contribution >= 0.6 is 11.8 Å². The van der Waals surface area contributed by atoms with E-state index < -0.39 is 11.6 Å². The molecule has 0 fully saturated rings. The molecule has 0 bridgehead atoms. The Labute approximate surface area is 126 Å². The van der Waals surface area contributed by atoms with Gasteiger partial charge in [0, 0.05) is 27.5 Å². The molecule has 1 unspecified atom stereocenters. The summed E-state index contributed by atoms with van der Waals surface area (Å²) in [7, 11) is 0. The minimum absolute atomic E-state index is 0.153. The Morgan fingerprint density at radius 3 is 2.48 bits per heavy atom. The summed E-state index contributed by atoms with van der Waals surface area (Å²) in [5.74, 6) is -1.65. The quantitative estimate of drug-likeness (QED) is 0.877. The van der Waals surface area contributed by atoms with Gasteiger partial charge in [0.25, 0.3) is 0 Å². The average Bonchev–Trinajstić information content (AvgIpc) is 2.45. The lowest BCUT2D eigenvalue weighted by Crippen LogP contribution is -2.22. The maximum absolute atomic E-state index is 14.0. The molecule has 2 rings (SSSR count). The second kappa shape index (κ2) is 7.00. The Morgan fingerprint density at radius 1 is 1.05 bits per heavy atom. The van der Waals surface area contributed by atoms with Gasteiger partial charge >= 0.3 is 0 Å². The molecule has 0 radical (unpaired) electrons. The zero-order valence-corrected chi connectivity index (χ0v) is 12.4. The largest absolute Gasteiger partial charge is 0.327 e. The van der Waals surface area contributed by atoms with Gasteiger partial charge in [0.1, 0.15) is 17.5 Å². The van der Waals surface area contributed by atoms with E-state index in [-0.39, 0.29) is 16.8 Å². The molecule has 0 amide bonds. The second-order valence-electron chi connectivity index (χ2n) is 4.77. The Morgan fingerprint density at radius 2 is 1.81 bits per heavy atom. The Balaban J connectivity index is 2.33. The summed E-state index contributed by atoms with van der Waals surface area (Å²) < 4.78 is 40.6. The smallest absolute Gasteiger partial charge is 0.140 e. The monoisotopic (exact) mass is 311 g/mol. The predicted octanol–water partition coefficient (Wildman–Crippen LogP) is 4.53. The fourth-order valence-corrected chi connectivity index (χ4v) is 2.90. The first kappa shape index (κ1) is 15.9. The van der Waals surface area contributed by atoms with Crippen molar-refractivity contribution in [3.63, 3.8) is 0 Å². The Hall–Kier alpha value is -1.46. The van der Waals surface area contributed by atoms with Gasteiger partial charge in [-0.25, -0.2) is 13.2 Å². The fourth-order valence-electron chi connectivity index (χ4n) is 1.92. The van der Waals surface area contributed by atoms with Crippen LogP contribution in [0.2, 0.25) is 0 Å². The lowest BCUT2D eigenvalue weighted by atomic mass is 10.0. The summed E-state index contributed by atoms with van der Waals surface area (Å²) in [6, 6.07) is 7.85. The third-order valence-electron chi connectivity index (χ3n) is 3.18. The molecule has 1 atom stereocenters. The first-order valence-corrected chi connectivity index (χ1v) is 7.48. The summed E-state index contributed by atoms with van der Waals surface area (Å²) in [6.45, 7) is 1.93. The number of nitrogens with two attached hydrogens (primary N) is 1. The van der Waals surface area contributed by atoms with Crippen LogP contribution in [-0.2, 0) is 6.42 Å². The van der Waals surface area contributed by atoms with Crippen molar-refractivity contribution in [3.8, 4) is 0 Å². The van der Waals surface area contributed by atoms with Gasteiger partial charge in [0.2, 0.25) is 0 Å². The van der Waals surface area contributed by atoms with Gasteiger partial charge in [-0.3, -0.25) is 0 Å². The lowest BCUT2D eigenvalue weighted by molar-refractivity contribution is 0.564. The molecular weight excluding hydrogens is 295 g/mol. The van der Waals surface area contributed by atoms with Crippen LogP contribution in [0.5, 0.6) is 0 Å². The summed E-state index contributed by atoms with van der Waals surface area (Å²) in [6.07, 6.45) is 1.11. The van der Waals surface area contributed by atoms with E-state index in [0.29, 0.717) is 16.9 Å². The van der Waals surface area contributed by atoms with Crippen LogP contribution < -0.4 is 5.73 Å². The lowest BCUT2D eigenvalue weighted by Gasteiger charge is -2.14. The maximum atomic E-state index is 14.0. The zero-order chi connectivity index (χ0) is 15.4. The normalized spacial score (nSPS) is 12.4. The highest BCUT2D eigenvalue weighted by atomic mass is 32.2. The number of hydrogen-bond donors (Lipinski definition) is 1. The van der Waals surface area contributed by atoms with Crippen LogP contribution in [0.3, 0.4) is 0 Å². The first-order valence-electron chi connectivity index (χ1n) is 6.67. The summed E-state index contributed by atoms with van der Waals surface area (Å²) in [4.78, 5) is 0.859. The van der Waals surface area contributed by atoms with Gasteiger partial charge in [-0.1, -0.05) is 24.8 Å². The van der Waals surface area contributed by atoms with Crippen LogP contribution in [0.4, 0.5) is 13.2 Å². The first-order chi connectivity index (χ1) is 10.0. The van der Waals surface area contributed by atoms with Gasteiger partial charge in [0.05, 0.1) is 0 Å². The molecule has 2 N–H and O–H groups in total. The van der Waals surface area contributed by atoms with Gasteiger partial charge in [-0.2, -0.15) is 0 Å². The van der Waals surface area contributed by atoms with E-state index in [1.165, 1.54) is 18.2 Å². The van der Waals surface area contributed by atoms with Crippen LogP contribution in [-0.4, -0.2) is 6.04 Å². The summed E-state index contributed by atoms with van der Waals surface area (Å²) in [5, 5.41) is 0. The highest BCUT2D eigenvalue weighted by Gasteiger charge is 2.14. The van der Waals surface area contributed by atoms with Crippen molar-refractivity contribution in [1.82, 2.24) is 0 Å². The van der Waals surface area contributed by atoms with Crippen molar-refractivity contribution >= 4 is 11.8 Å². The van der Waals surface area contributed by atoms with Crippen molar-refractivity contribution in [2.75, 3.05) is 0 Å². The van der Waals surface area contributed by atoms with E-state index in [0.717, 1.165) is 24.2 Å². The molecule has 0 aliphatic rings. The molecule has 2 aromatic rings. The topological polar surface area (TPSA) is 26.0 Å². The molecule has 2 aromatic carbocycles. The molecule has 1 nitrogen and oxygen atoms in total. The fraction of sp³-hybridized carbons (Fsp3) is 0.250. The number of rotatable bonds is 5. The van der Waals surface area contributed by atoms with Crippen molar-refractivity contribution in [1.29, 1.82) is 0 Å². The molecule has 21 heavy (non-hydrogen) atoms. The summed E-state index contributed by atoms with van der Waals surface area (Å²) in [5.41, 5.74) is 6.36. The second-order valence-corrected chi connectivity index (χ2v) is 5.85. The molecule has 0 aromatic heterocycles. The third kappa shape index (κ3) is 4.02. The molecule has 0 heterocycles. The minimum Gasteiger partial charge on any atom is -0.327 e. The number of hydrogen-bond acceptors (Lipinski definition) is 2. The van der Waals surface area contributed by atoms with Crippen molar-refractivity contribution < 1.29 is 13.2 Å². The van der Waals surface area contributed by atoms with Gasteiger partial charge < -0.3 is 5.73 Å². The van der Waals surface area contributed by atoms with E-state index in [2.05, 4.69) is 0 Å². The van der Waals surface area contributed by atoms with E-state index in [9.17, 15) is 13.2 Å². The number of benzene rings is 2. The molecule has 0 saturated carbocycles. The van der Waals surface area contributed by atoms with Gasteiger partial charge in [0.15, 0.2) is 0 Å². The van der Waals surface area contributed by atoms with Crippen LogP contribution in [0, 0.1) is 17.5 Å². The number of halogens is 3. The van der Waals surface area contributed by atoms with E-state index in [1.54, 1.807) is 12.1 Å². The Kier molecular flexibility index (Phi) is 5.31. The van der Waals surface area contributed by atoms with Crippen molar-refractivity contribution in [2.45, 2.75) is 35.6 Å². The zero-order valence-electron chi connectivity index (χ0n) is 11.6. The van der Waals surface area contributed by atoms with Crippen molar-refractivity contribution in [2.24, 2.45) is 5.73 Å². The van der Waals surface area contributed by atoms with E-state index >= 15 is 0 Å². The standard InChI is InChI=1S/C16H16F3NS/c1-2-11(20)9-12-13(18)4-3-5-15(12)21-16-7-6-10(17)8-14(16)19/h3-8,11H,2,9,20H2,1H3. The van der Waals surface area contributed by atoms with Crippen LogP contribution in [0.1, 0.15) is 18.9 Å². The SMILES string of the molecule is CCC(N)Cc1c(F)cccc1Sc1ccc(F)cc1F. The van der Waals surface area contributed by atoms with E-state index in [1.807, 2.05) is 6.92 Å². The molecule has 0 spiro atoms. The van der Waals surface area contributed by atoms with Crippen LogP contribution in [0.15, 0.2) is 46.2 Å². The van der Waals surface area contributed by atoms with Gasteiger partial charge in [-0.15, -0.1) is 0 Å². The summed E-state index contributed by atoms with van der Waals surface area (Å²) >= 11 is 1.08. The van der Waals surface area contributed by atoms with Crippen LogP contribution in [0.25, 0.3) is 0 Å². The molecule has 0 aliphatic heterocycles. The van der Waals surface area contributed by atoms with Crippen molar-refractivity contribution in [3.05, 3.63) is 59.4 Å². The molecular formula is C16H16F3NS. The third-order valence-corrected chi connectivity index (χ3v) is 4.33.